The first kappa shape index (κ1) is 19.1. The fourth-order valence-electron chi connectivity index (χ4n) is 2.32. The Morgan fingerprint density at radius 1 is 0.880 bits per heavy atom. The molecule has 0 atom stereocenters. The van der Waals surface area contributed by atoms with E-state index in [0.717, 1.165) is 27.8 Å². The largest absolute Gasteiger partial charge is 1.00 e. The molecule has 132 valence electrons. The summed E-state index contributed by atoms with van der Waals surface area (Å²) in [6.07, 6.45) is 0. The van der Waals surface area contributed by atoms with Gasteiger partial charge in [0, 0.05) is 10.9 Å². The molecule has 0 aliphatic rings. The standard InChI is InChI=1S/C18H18N2O3S.BrH/c1-21-15-7-5-4-6-13(15)19-18-20-14(11-24-18)12-8-9-16(22-2)17(10-12)23-3;/h4-11H,1-3H3,(H,19,20);1H/p-1. The number of nitrogens with one attached hydrogen (secondary N) is 1. The molecule has 1 N–H and O–H groups in total. The third-order valence-corrected chi connectivity index (χ3v) is 4.29. The number of nitrogens with zero attached hydrogens (tertiary/aromatic N) is 1. The maximum absolute atomic E-state index is 5.35. The van der Waals surface area contributed by atoms with E-state index in [2.05, 4.69) is 10.3 Å². The van der Waals surface area contributed by atoms with Crippen LogP contribution < -0.4 is 36.5 Å². The highest BCUT2D eigenvalue weighted by Gasteiger charge is 2.10. The molecular formula is C18H18BrN2O3S-. The Kier molecular flexibility index (Phi) is 6.66. The number of benzene rings is 2. The fraction of sp³-hybridized carbons (Fsp3) is 0.167. The molecule has 3 aromatic rings. The van der Waals surface area contributed by atoms with Crippen molar-refractivity contribution in [3.63, 3.8) is 0 Å². The van der Waals surface area contributed by atoms with Gasteiger partial charge in [-0.05, 0) is 30.3 Å². The van der Waals surface area contributed by atoms with Crippen molar-refractivity contribution in [1.82, 2.24) is 4.98 Å². The molecule has 0 saturated heterocycles. The van der Waals surface area contributed by atoms with Gasteiger partial charge in [-0.3, -0.25) is 0 Å². The zero-order valence-corrected chi connectivity index (χ0v) is 16.5. The minimum absolute atomic E-state index is 0. The van der Waals surface area contributed by atoms with Crippen LogP contribution in [-0.2, 0) is 0 Å². The third kappa shape index (κ3) is 4.24. The summed E-state index contributed by atoms with van der Waals surface area (Å²) in [6.45, 7) is 0. The lowest BCUT2D eigenvalue weighted by Crippen LogP contribution is -3.00. The minimum atomic E-state index is 0. The number of hydrogen-bond donors (Lipinski definition) is 1. The molecule has 7 heteroatoms. The second-order valence-electron chi connectivity index (χ2n) is 4.93. The van der Waals surface area contributed by atoms with Crippen LogP contribution in [0.5, 0.6) is 17.2 Å². The number of anilines is 2. The van der Waals surface area contributed by atoms with Gasteiger partial charge < -0.3 is 36.5 Å². The van der Waals surface area contributed by atoms with Crippen LogP contribution in [0.3, 0.4) is 0 Å². The molecule has 1 heterocycles. The SMILES string of the molecule is COc1ccccc1Nc1nc(-c2ccc(OC)c(OC)c2)cs1.[Br-]. The summed E-state index contributed by atoms with van der Waals surface area (Å²) in [4.78, 5) is 4.64. The lowest BCUT2D eigenvalue weighted by Gasteiger charge is -2.09. The molecular weight excluding hydrogens is 404 g/mol. The topological polar surface area (TPSA) is 52.6 Å². The predicted octanol–water partition coefficient (Wildman–Crippen LogP) is 1.58. The van der Waals surface area contributed by atoms with Crippen molar-refractivity contribution in [2.75, 3.05) is 26.6 Å². The molecule has 0 bridgehead atoms. The number of hydrogen-bond acceptors (Lipinski definition) is 6. The molecule has 0 radical (unpaired) electrons. The third-order valence-electron chi connectivity index (χ3n) is 3.53. The molecule has 0 fully saturated rings. The highest BCUT2D eigenvalue weighted by atomic mass is 79.9. The predicted molar refractivity (Wildman–Crippen MR) is 96.9 cm³/mol. The van der Waals surface area contributed by atoms with Gasteiger partial charge in [-0.15, -0.1) is 11.3 Å². The first-order valence-electron chi connectivity index (χ1n) is 7.33. The minimum Gasteiger partial charge on any atom is -1.00 e. The van der Waals surface area contributed by atoms with Crippen molar-refractivity contribution in [1.29, 1.82) is 0 Å². The second-order valence-corrected chi connectivity index (χ2v) is 5.79. The zero-order chi connectivity index (χ0) is 16.9. The van der Waals surface area contributed by atoms with Crippen molar-refractivity contribution >= 4 is 22.2 Å². The first-order valence-corrected chi connectivity index (χ1v) is 8.21. The summed E-state index contributed by atoms with van der Waals surface area (Å²) >= 11 is 1.53. The van der Waals surface area contributed by atoms with Gasteiger partial charge in [0.05, 0.1) is 32.7 Å². The van der Waals surface area contributed by atoms with E-state index in [0.29, 0.717) is 11.5 Å². The Labute approximate surface area is 161 Å². The lowest BCUT2D eigenvalue weighted by molar-refractivity contribution is -0.00000558. The maximum Gasteiger partial charge on any atom is 0.187 e. The number of aromatic nitrogens is 1. The van der Waals surface area contributed by atoms with Crippen LogP contribution in [0.15, 0.2) is 47.8 Å². The highest BCUT2D eigenvalue weighted by molar-refractivity contribution is 7.14. The summed E-state index contributed by atoms with van der Waals surface area (Å²) < 4.78 is 16.0. The smallest absolute Gasteiger partial charge is 0.187 e. The molecule has 1 aromatic heterocycles. The maximum atomic E-state index is 5.35. The second kappa shape index (κ2) is 8.73. The molecule has 0 aliphatic carbocycles. The molecule has 0 amide bonds. The number of methoxy groups -OCH3 is 3. The van der Waals surface area contributed by atoms with Crippen LogP contribution in [0.4, 0.5) is 10.8 Å². The van der Waals surface area contributed by atoms with E-state index < -0.39 is 0 Å². The van der Waals surface area contributed by atoms with Crippen LogP contribution in [0.2, 0.25) is 0 Å². The van der Waals surface area contributed by atoms with Crippen LogP contribution in [0.25, 0.3) is 11.3 Å². The summed E-state index contributed by atoms with van der Waals surface area (Å²) in [6, 6.07) is 13.5. The normalized spacial score (nSPS) is 9.88. The average molecular weight is 422 g/mol. The van der Waals surface area contributed by atoms with Gasteiger partial charge in [0.1, 0.15) is 5.75 Å². The lowest BCUT2D eigenvalue weighted by atomic mass is 10.1. The van der Waals surface area contributed by atoms with E-state index in [1.54, 1.807) is 21.3 Å². The first-order chi connectivity index (χ1) is 11.7. The summed E-state index contributed by atoms with van der Waals surface area (Å²) in [5.74, 6) is 2.16. The fourth-order valence-corrected chi connectivity index (χ4v) is 3.05. The van der Waals surface area contributed by atoms with E-state index in [1.807, 2.05) is 47.8 Å². The van der Waals surface area contributed by atoms with Gasteiger partial charge in [0.25, 0.3) is 0 Å². The van der Waals surface area contributed by atoms with Gasteiger partial charge in [-0.25, -0.2) is 4.98 Å². The van der Waals surface area contributed by atoms with E-state index in [4.69, 9.17) is 14.2 Å². The Morgan fingerprint density at radius 2 is 1.60 bits per heavy atom. The Balaban J connectivity index is 0.00000225. The molecule has 2 aromatic carbocycles. The number of para-hydroxylation sites is 2. The van der Waals surface area contributed by atoms with Crippen LogP contribution in [0, 0.1) is 0 Å². The summed E-state index contributed by atoms with van der Waals surface area (Å²) in [7, 11) is 4.89. The molecule has 25 heavy (non-hydrogen) atoms. The quantitative estimate of drug-likeness (QED) is 0.654. The number of ether oxygens (including phenoxy) is 3. The molecule has 3 rings (SSSR count). The van der Waals surface area contributed by atoms with E-state index in [-0.39, 0.29) is 17.0 Å². The molecule has 5 nitrogen and oxygen atoms in total. The van der Waals surface area contributed by atoms with Crippen molar-refractivity contribution in [2.45, 2.75) is 0 Å². The van der Waals surface area contributed by atoms with Gasteiger partial charge in [0.15, 0.2) is 16.6 Å². The Hall–Kier alpha value is -2.25. The van der Waals surface area contributed by atoms with Crippen molar-refractivity contribution in [3.05, 3.63) is 47.8 Å². The van der Waals surface area contributed by atoms with Crippen molar-refractivity contribution in [2.24, 2.45) is 0 Å². The molecule has 0 saturated carbocycles. The van der Waals surface area contributed by atoms with E-state index in [1.165, 1.54) is 11.3 Å². The van der Waals surface area contributed by atoms with Crippen LogP contribution in [0.1, 0.15) is 0 Å². The van der Waals surface area contributed by atoms with Crippen LogP contribution in [-0.4, -0.2) is 26.3 Å². The average Bonchev–Trinajstić information content (AvgIpc) is 3.10. The van der Waals surface area contributed by atoms with E-state index in [9.17, 15) is 0 Å². The van der Waals surface area contributed by atoms with Gasteiger partial charge in [0.2, 0.25) is 0 Å². The van der Waals surface area contributed by atoms with Gasteiger partial charge in [-0.2, -0.15) is 0 Å². The number of thiazole rings is 1. The van der Waals surface area contributed by atoms with Crippen molar-refractivity contribution in [3.8, 4) is 28.5 Å². The number of halogens is 1. The van der Waals surface area contributed by atoms with E-state index >= 15 is 0 Å². The zero-order valence-electron chi connectivity index (χ0n) is 14.1. The molecule has 0 spiro atoms. The summed E-state index contributed by atoms with van der Waals surface area (Å²) in [5.41, 5.74) is 2.73. The van der Waals surface area contributed by atoms with Gasteiger partial charge in [-0.1, -0.05) is 12.1 Å². The van der Waals surface area contributed by atoms with Crippen LogP contribution >= 0.6 is 11.3 Å². The highest BCUT2D eigenvalue weighted by Crippen LogP contribution is 2.35. The Morgan fingerprint density at radius 3 is 2.32 bits per heavy atom. The van der Waals surface area contributed by atoms with Crippen molar-refractivity contribution < 1.29 is 31.2 Å². The number of rotatable bonds is 6. The van der Waals surface area contributed by atoms with Gasteiger partial charge >= 0.3 is 0 Å². The Bertz CT molecular complexity index is 839. The molecule has 0 aliphatic heterocycles. The molecule has 0 unspecified atom stereocenters. The summed E-state index contributed by atoms with van der Waals surface area (Å²) in [5, 5.41) is 6.09. The monoisotopic (exact) mass is 421 g/mol.